The summed E-state index contributed by atoms with van der Waals surface area (Å²) in [6, 6.07) is 16.3. The van der Waals surface area contributed by atoms with Crippen LogP contribution in [0.25, 0.3) is 0 Å². The average Bonchev–Trinajstić information content (AvgIpc) is 2.77. The van der Waals surface area contributed by atoms with Crippen LogP contribution in [0.5, 0.6) is 0 Å². The third kappa shape index (κ3) is 4.16. The van der Waals surface area contributed by atoms with Gasteiger partial charge in [-0.15, -0.1) is 0 Å². The van der Waals surface area contributed by atoms with E-state index in [1.54, 1.807) is 7.11 Å². The van der Waals surface area contributed by atoms with Gasteiger partial charge in [-0.2, -0.15) is 0 Å². The van der Waals surface area contributed by atoms with Crippen molar-refractivity contribution < 1.29 is 14.6 Å². The predicted octanol–water partition coefficient (Wildman–Crippen LogP) is 3.09. The number of piperazine rings is 1. The van der Waals surface area contributed by atoms with E-state index in [4.69, 9.17) is 4.74 Å². The first-order valence-corrected chi connectivity index (χ1v) is 10.1. The number of methoxy groups -OCH3 is 1. The van der Waals surface area contributed by atoms with Crippen molar-refractivity contribution in [1.82, 2.24) is 4.90 Å². The van der Waals surface area contributed by atoms with E-state index in [-0.39, 0.29) is 0 Å². The third-order valence-corrected chi connectivity index (χ3v) is 5.75. The van der Waals surface area contributed by atoms with E-state index in [1.165, 1.54) is 10.6 Å². The molecule has 2 aromatic rings. The first kappa shape index (κ1) is 19.5. The van der Waals surface area contributed by atoms with Crippen molar-refractivity contribution in [3.05, 3.63) is 48.5 Å². The number of hydrogen-bond donors (Lipinski definition) is 1. The van der Waals surface area contributed by atoms with Crippen molar-refractivity contribution in [3.8, 4) is 0 Å². The fraction of sp³-hybridized carbons (Fsp3) is 0.409. The topological polar surface area (TPSA) is 59.5 Å². The number of carbonyl (C=O) groups is 1. The maximum atomic E-state index is 11.6. The van der Waals surface area contributed by atoms with Crippen LogP contribution in [-0.4, -0.2) is 75.6 Å². The molecule has 2 heterocycles. The van der Waals surface area contributed by atoms with Gasteiger partial charge < -0.3 is 19.6 Å². The molecule has 154 valence electrons. The second-order valence-corrected chi connectivity index (χ2v) is 7.41. The van der Waals surface area contributed by atoms with Crippen molar-refractivity contribution in [3.63, 3.8) is 0 Å². The summed E-state index contributed by atoms with van der Waals surface area (Å²) >= 11 is 0. The zero-order valence-electron chi connectivity index (χ0n) is 16.8. The van der Waals surface area contributed by atoms with Crippen molar-refractivity contribution in [2.24, 2.45) is 0 Å². The van der Waals surface area contributed by atoms with Crippen LogP contribution in [0.2, 0.25) is 0 Å². The van der Waals surface area contributed by atoms with Crippen LogP contribution in [0.15, 0.2) is 48.5 Å². The van der Waals surface area contributed by atoms with Crippen LogP contribution in [0.1, 0.15) is 0 Å². The van der Waals surface area contributed by atoms with Gasteiger partial charge in [0.15, 0.2) is 0 Å². The zero-order chi connectivity index (χ0) is 20.2. The molecule has 2 aliphatic heterocycles. The van der Waals surface area contributed by atoms with Gasteiger partial charge in [-0.1, -0.05) is 12.1 Å². The SMILES string of the molecule is COCCN1CCN(c2ccc(N3CCN(C(=O)O)c4ccccc43)cc2)CC1. The second-order valence-electron chi connectivity index (χ2n) is 7.41. The summed E-state index contributed by atoms with van der Waals surface area (Å²) in [5, 5.41) is 9.48. The number of para-hydroxylation sites is 2. The molecule has 0 aromatic heterocycles. The molecule has 2 aromatic carbocycles. The Morgan fingerprint density at radius 2 is 1.55 bits per heavy atom. The van der Waals surface area contributed by atoms with Gasteiger partial charge in [-0.25, -0.2) is 4.79 Å². The number of hydrogen-bond acceptors (Lipinski definition) is 5. The molecular weight excluding hydrogens is 368 g/mol. The minimum atomic E-state index is -0.905. The number of amides is 1. The van der Waals surface area contributed by atoms with Crippen LogP contribution in [0, 0.1) is 0 Å². The normalized spacial score (nSPS) is 17.3. The van der Waals surface area contributed by atoms with Gasteiger partial charge in [0.05, 0.1) is 18.0 Å². The van der Waals surface area contributed by atoms with E-state index in [1.807, 2.05) is 24.3 Å². The van der Waals surface area contributed by atoms with Gasteiger partial charge in [0.2, 0.25) is 0 Å². The molecular formula is C22H28N4O3. The molecule has 0 spiro atoms. The summed E-state index contributed by atoms with van der Waals surface area (Å²) in [6.45, 7) is 7.01. The van der Waals surface area contributed by atoms with E-state index in [0.717, 1.165) is 56.4 Å². The van der Waals surface area contributed by atoms with E-state index in [2.05, 4.69) is 39.0 Å². The Morgan fingerprint density at radius 1 is 0.897 bits per heavy atom. The highest BCUT2D eigenvalue weighted by Gasteiger charge is 2.27. The highest BCUT2D eigenvalue weighted by atomic mass is 16.5. The lowest BCUT2D eigenvalue weighted by Crippen LogP contribution is -2.47. The van der Waals surface area contributed by atoms with E-state index in [9.17, 15) is 9.90 Å². The molecule has 0 radical (unpaired) electrons. The van der Waals surface area contributed by atoms with Crippen LogP contribution in [0.4, 0.5) is 27.5 Å². The molecule has 2 aliphatic rings. The molecule has 29 heavy (non-hydrogen) atoms. The van der Waals surface area contributed by atoms with Crippen molar-refractivity contribution in [2.45, 2.75) is 0 Å². The number of anilines is 4. The highest BCUT2D eigenvalue weighted by Crippen LogP contribution is 2.38. The molecule has 1 N–H and O–H groups in total. The first-order valence-electron chi connectivity index (χ1n) is 10.1. The van der Waals surface area contributed by atoms with Crippen molar-refractivity contribution >= 4 is 28.8 Å². The first-order chi connectivity index (χ1) is 14.2. The molecule has 7 nitrogen and oxygen atoms in total. The van der Waals surface area contributed by atoms with Gasteiger partial charge in [0.25, 0.3) is 0 Å². The number of nitrogens with zero attached hydrogens (tertiary/aromatic N) is 4. The fourth-order valence-corrected chi connectivity index (χ4v) is 4.12. The highest BCUT2D eigenvalue weighted by molar-refractivity contribution is 5.94. The Kier molecular flexibility index (Phi) is 5.87. The summed E-state index contributed by atoms with van der Waals surface area (Å²) in [5.41, 5.74) is 3.99. The molecule has 0 aliphatic carbocycles. The number of benzene rings is 2. The summed E-state index contributed by atoms with van der Waals surface area (Å²) in [6.07, 6.45) is -0.905. The molecule has 0 bridgehead atoms. The van der Waals surface area contributed by atoms with E-state index in [0.29, 0.717) is 13.1 Å². The van der Waals surface area contributed by atoms with Crippen molar-refractivity contribution in [1.29, 1.82) is 0 Å². The Labute approximate surface area is 171 Å². The molecule has 0 unspecified atom stereocenters. The van der Waals surface area contributed by atoms with Crippen LogP contribution in [0.3, 0.4) is 0 Å². The van der Waals surface area contributed by atoms with Crippen LogP contribution >= 0.6 is 0 Å². The van der Waals surface area contributed by atoms with Crippen LogP contribution in [-0.2, 0) is 4.74 Å². The summed E-state index contributed by atoms with van der Waals surface area (Å²) in [5.74, 6) is 0. The van der Waals surface area contributed by atoms with Gasteiger partial charge >= 0.3 is 6.09 Å². The Balaban J connectivity index is 1.46. The lowest BCUT2D eigenvalue weighted by atomic mass is 10.1. The second kappa shape index (κ2) is 8.71. The monoisotopic (exact) mass is 396 g/mol. The van der Waals surface area contributed by atoms with Gasteiger partial charge in [-0.3, -0.25) is 9.80 Å². The summed E-state index contributed by atoms with van der Waals surface area (Å²) < 4.78 is 5.18. The lowest BCUT2D eigenvalue weighted by molar-refractivity contribution is 0.144. The summed E-state index contributed by atoms with van der Waals surface area (Å²) in [7, 11) is 1.75. The van der Waals surface area contributed by atoms with Gasteiger partial charge in [0, 0.05) is 64.3 Å². The fourth-order valence-electron chi connectivity index (χ4n) is 4.12. The summed E-state index contributed by atoms with van der Waals surface area (Å²) in [4.78, 5) is 20.0. The molecule has 7 heteroatoms. The number of fused-ring (bicyclic) bond motifs is 1. The number of ether oxygens (including phenoxy) is 1. The number of rotatable bonds is 5. The minimum Gasteiger partial charge on any atom is -0.465 e. The maximum Gasteiger partial charge on any atom is 0.411 e. The molecule has 0 atom stereocenters. The predicted molar refractivity (Wildman–Crippen MR) is 116 cm³/mol. The molecule has 1 saturated heterocycles. The van der Waals surface area contributed by atoms with Crippen LogP contribution < -0.4 is 14.7 Å². The lowest BCUT2D eigenvalue weighted by Gasteiger charge is -2.37. The number of carboxylic acid groups (broad SMARTS) is 1. The van der Waals surface area contributed by atoms with E-state index >= 15 is 0 Å². The van der Waals surface area contributed by atoms with E-state index < -0.39 is 6.09 Å². The van der Waals surface area contributed by atoms with Crippen molar-refractivity contribution in [2.75, 3.05) is 74.2 Å². The molecule has 1 fully saturated rings. The quantitative estimate of drug-likeness (QED) is 0.838. The molecule has 0 saturated carbocycles. The Morgan fingerprint density at radius 3 is 2.21 bits per heavy atom. The van der Waals surface area contributed by atoms with Gasteiger partial charge in [-0.05, 0) is 36.4 Å². The molecule has 4 rings (SSSR count). The minimum absolute atomic E-state index is 0.456. The Bertz CT molecular complexity index is 834. The smallest absolute Gasteiger partial charge is 0.411 e. The standard InChI is InChI=1S/C22H28N4O3/c1-29-17-16-23-10-12-24(13-11-23)18-6-8-19(9-7-18)25-14-15-26(22(27)28)21-5-3-2-4-20(21)25/h2-9H,10-17H2,1H3,(H,27,28). The van der Waals surface area contributed by atoms with Gasteiger partial charge in [0.1, 0.15) is 0 Å². The Hall–Kier alpha value is -2.77. The average molecular weight is 396 g/mol. The third-order valence-electron chi connectivity index (χ3n) is 5.75. The maximum absolute atomic E-state index is 11.6. The molecule has 1 amide bonds. The zero-order valence-corrected chi connectivity index (χ0v) is 16.8. The largest absolute Gasteiger partial charge is 0.465 e.